The normalized spacial score (nSPS) is 12.6. The highest BCUT2D eigenvalue weighted by Gasteiger charge is 2.06. The fourth-order valence-electron chi connectivity index (χ4n) is 2.10. The highest BCUT2D eigenvalue weighted by molar-refractivity contribution is 5.20. The van der Waals surface area contributed by atoms with Gasteiger partial charge in [0.2, 0.25) is 0 Å². The average Bonchev–Trinajstić information content (AvgIpc) is 2.78. The van der Waals surface area contributed by atoms with E-state index in [4.69, 9.17) is 5.73 Å². The second-order valence-corrected chi connectivity index (χ2v) is 4.64. The van der Waals surface area contributed by atoms with Gasteiger partial charge >= 0.3 is 0 Å². The fraction of sp³-hybridized carbons (Fsp3) is 0.333. The molecule has 1 aromatic heterocycles. The minimum absolute atomic E-state index is 0.101. The van der Waals surface area contributed by atoms with Gasteiger partial charge in [0.1, 0.15) is 5.82 Å². The first-order valence-electron chi connectivity index (χ1n) is 6.34. The minimum Gasteiger partial charge on any atom is -0.350 e. The molecule has 2 aromatic rings. The van der Waals surface area contributed by atoms with E-state index in [1.807, 2.05) is 29.1 Å². The molecule has 0 aliphatic carbocycles. The van der Waals surface area contributed by atoms with Gasteiger partial charge in [-0.15, -0.1) is 0 Å². The number of aromatic nitrogens is 1. The van der Waals surface area contributed by atoms with Gasteiger partial charge in [-0.05, 0) is 35.7 Å². The number of halogens is 1. The first kappa shape index (κ1) is 12.8. The van der Waals surface area contributed by atoms with Crippen molar-refractivity contribution in [3.8, 4) is 0 Å². The van der Waals surface area contributed by atoms with Gasteiger partial charge in [-0.2, -0.15) is 0 Å². The quantitative estimate of drug-likeness (QED) is 0.860. The van der Waals surface area contributed by atoms with Gasteiger partial charge in [0.05, 0.1) is 0 Å². The maximum absolute atomic E-state index is 13.1. The Labute approximate surface area is 107 Å². The van der Waals surface area contributed by atoms with E-state index in [2.05, 4.69) is 6.92 Å². The number of rotatable bonds is 5. The highest BCUT2D eigenvalue weighted by atomic mass is 19.1. The first-order chi connectivity index (χ1) is 8.69. The van der Waals surface area contributed by atoms with E-state index < -0.39 is 0 Å². The Kier molecular flexibility index (Phi) is 4.15. The summed E-state index contributed by atoms with van der Waals surface area (Å²) in [7, 11) is 0. The van der Waals surface area contributed by atoms with Crippen LogP contribution < -0.4 is 5.73 Å². The van der Waals surface area contributed by atoms with Crippen LogP contribution in [0.4, 0.5) is 4.39 Å². The maximum Gasteiger partial charge on any atom is 0.123 e. The van der Waals surface area contributed by atoms with Crippen molar-refractivity contribution in [2.24, 2.45) is 5.73 Å². The number of nitrogens with zero attached hydrogens (tertiary/aromatic N) is 1. The third kappa shape index (κ3) is 3.20. The SMILES string of the molecule is CCCC(N)c1ccn(Cc2cccc(F)c2)c1. The number of nitrogens with two attached hydrogens (primary N) is 1. The molecule has 18 heavy (non-hydrogen) atoms. The second kappa shape index (κ2) is 5.83. The van der Waals surface area contributed by atoms with E-state index in [0.29, 0.717) is 6.54 Å². The largest absolute Gasteiger partial charge is 0.350 e. The monoisotopic (exact) mass is 246 g/mol. The van der Waals surface area contributed by atoms with Crippen LogP contribution in [0.15, 0.2) is 42.7 Å². The summed E-state index contributed by atoms with van der Waals surface area (Å²) in [5, 5.41) is 0. The lowest BCUT2D eigenvalue weighted by molar-refractivity contribution is 0.622. The Hall–Kier alpha value is -1.61. The van der Waals surface area contributed by atoms with E-state index in [1.165, 1.54) is 6.07 Å². The molecular formula is C15H19FN2. The molecule has 2 rings (SSSR count). The predicted molar refractivity (Wildman–Crippen MR) is 71.8 cm³/mol. The number of hydrogen-bond donors (Lipinski definition) is 1. The van der Waals surface area contributed by atoms with E-state index in [0.717, 1.165) is 24.0 Å². The molecule has 0 aliphatic heterocycles. The zero-order valence-electron chi connectivity index (χ0n) is 10.6. The predicted octanol–water partition coefficient (Wildman–Crippen LogP) is 3.48. The molecule has 3 heteroatoms. The van der Waals surface area contributed by atoms with E-state index in [9.17, 15) is 4.39 Å². The average molecular weight is 246 g/mol. The standard InChI is InChI=1S/C15H19FN2/c1-2-4-15(17)13-7-8-18(11-13)10-12-5-3-6-14(16)9-12/h3,5-9,11,15H,2,4,10,17H2,1H3. The molecule has 1 unspecified atom stereocenters. The Morgan fingerprint density at radius 3 is 2.89 bits per heavy atom. The molecule has 0 bridgehead atoms. The van der Waals surface area contributed by atoms with Gasteiger partial charge < -0.3 is 10.3 Å². The molecule has 1 atom stereocenters. The highest BCUT2D eigenvalue weighted by Crippen LogP contribution is 2.16. The van der Waals surface area contributed by atoms with Crippen LogP contribution in [0, 0.1) is 5.82 Å². The lowest BCUT2D eigenvalue weighted by atomic mass is 10.1. The van der Waals surface area contributed by atoms with Gasteiger partial charge in [-0.25, -0.2) is 4.39 Å². The molecule has 0 fully saturated rings. The maximum atomic E-state index is 13.1. The third-order valence-electron chi connectivity index (χ3n) is 3.06. The van der Waals surface area contributed by atoms with Crippen LogP contribution in [0.3, 0.4) is 0 Å². The van der Waals surface area contributed by atoms with Crippen molar-refractivity contribution in [1.29, 1.82) is 0 Å². The molecule has 1 heterocycles. The molecule has 0 aliphatic rings. The molecule has 2 nitrogen and oxygen atoms in total. The van der Waals surface area contributed by atoms with E-state index in [-0.39, 0.29) is 11.9 Å². The van der Waals surface area contributed by atoms with Crippen LogP contribution >= 0.6 is 0 Å². The van der Waals surface area contributed by atoms with Gasteiger partial charge in [0.15, 0.2) is 0 Å². The summed E-state index contributed by atoms with van der Waals surface area (Å²) in [6.07, 6.45) is 6.11. The van der Waals surface area contributed by atoms with Gasteiger partial charge in [-0.1, -0.05) is 25.5 Å². The molecule has 0 amide bonds. The molecule has 2 N–H and O–H groups in total. The van der Waals surface area contributed by atoms with Crippen molar-refractivity contribution in [1.82, 2.24) is 4.57 Å². The Balaban J connectivity index is 2.06. The van der Waals surface area contributed by atoms with Crippen molar-refractivity contribution < 1.29 is 4.39 Å². The summed E-state index contributed by atoms with van der Waals surface area (Å²) < 4.78 is 15.1. The molecule has 0 saturated heterocycles. The smallest absolute Gasteiger partial charge is 0.123 e. The fourth-order valence-corrected chi connectivity index (χ4v) is 2.10. The lowest BCUT2D eigenvalue weighted by Gasteiger charge is -2.07. The zero-order chi connectivity index (χ0) is 13.0. The Bertz CT molecular complexity index is 505. The first-order valence-corrected chi connectivity index (χ1v) is 6.34. The van der Waals surface area contributed by atoms with Crippen LogP contribution in [0.1, 0.15) is 36.9 Å². The lowest BCUT2D eigenvalue weighted by Crippen LogP contribution is -2.08. The summed E-state index contributed by atoms with van der Waals surface area (Å²) >= 11 is 0. The van der Waals surface area contributed by atoms with E-state index in [1.54, 1.807) is 12.1 Å². The Morgan fingerprint density at radius 1 is 1.33 bits per heavy atom. The second-order valence-electron chi connectivity index (χ2n) is 4.64. The molecule has 96 valence electrons. The molecule has 0 saturated carbocycles. The van der Waals surface area contributed by atoms with Gasteiger partial charge in [0.25, 0.3) is 0 Å². The van der Waals surface area contributed by atoms with Crippen molar-refractivity contribution in [3.63, 3.8) is 0 Å². The van der Waals surface area contributed by atoms with Gasteiger partial charge in [0, 0.05) is 25.0 Å². The molecule has 1 aromatic carbocycles. The molecule has 0 radical (unpaired) electrons. The van der Waals surface area contributed by atoms with Crippen LogP contribution in [0.25, 0.3) is 0 Å². The molecular weight excluding hydrogens is 227 g/mol. The number of hydrogen-bond acceptors (Lipinski definition) is 1. The minimum atomic E-state index is -0.192. The van der Waals surface area contributed by atoms with E-state index >= 15 is 0 Å². The van der Waals surface area contributed by atoms with Crippen molar-refractivity contribution >= 4 is 0 Å². The summed E-state index contributed by atoms with van der Waals surface area (Å²) in [4.78, 5) is 0. The number of benzene rings is 1. The topological polar surface area (TPSA) is 30.9 Å². The van der Waals surface area contributed by atoms with Crippen LogP contribution in [0.2, 0.25) is 0 Å². The van der Waals surface area contributed by atoms with Crippen LogP contribution in [-0.4, -0.2) is 4.57 Å². The zero-order valence-corrected chi connectivity index (χ0v) is 10.6. The Morgan fingerprint density at radius 2 is 2.17 bits per heavy atom. The third-order valence-corrected chi connectivity index (χ3v) is 3.06. The summed E-state index contributed by atoms with van der Waals surface area (Å²) in [5.41, 5.74) is 8.17. The molecule has 0 spiro atoms. The summed E-state index contributed by atoms with van der Waals surface area (Å²) in [5.74, 6) is -0.192. The summed E-state index contributed by atoms with van der Waals surface area (Å²) in [6, 6.07) is 8.82. The summed E-state index contributed by atoms with van der Waals surface area (Å²) in [6.45, 7) is 2.81. The van der Waals surface area contributed by atoms with Crippen LogP contribution in [-0.2, 0) is 6.54 Å². The van der Waals surface area contributed by atoms with Crippen molar-refractivity contribution in [2.45, 2.75) is 32.4 Å². The van der Waals surface area contributed by atoms with Crippen molar-refractivity contribution in [2.75, 3.05) is 0 Å². The van der Waals surface area contributed by atoms with Gasteiger partial charge in [-0.3, -0.25) is 0 Å². The van der Waals surface area contributed by atoms with Crippen LogP contribution in [0.5, 0.6) is 0 Å². The van der Waals surface area contributed by atoms with Crippen molar-refractivity contribution in [3.05, 3.63) is 59.7 Å².